The van der Waals surface area contributed by atoms with Gasteiger partial charge in [-0.3, -0.25) is 0 Å². The molecule has 0 aliphatic heterocycles. The molecule has 3 nitrogen and oxygen atoms in total. The molecule has 0 heterocycles. The molecule has 2 atom stereocenters. The van der Waals surface area contributed by atoms with Crippen molar-refractivity contribution in [1.29, 1.82) is 0 Å². The van der Waals surface area contributed by atoms with Crippen molar-refractivity contribution >= 4 is 15.9 Å². The molecule has 2 aromatic carbocycles. The van der Waals surface area contributed by atoms with E-state index in [1.165, 1.54) is 50.2 Å². The molecule has 6 rings (SSSR count). The van der Waals surface area contributed by atoms with Gasteiger partial charge >= 0.3 is 0 Å². The van der Waals surface area contributed by atoms with Gasteiger partial charge in [-0.15, -0.1) is 0 Å². The van der Waals surface area contributed by atoms with Crippen LogP contribution in [0.1, 0.15) is 70.4 Å². The minimum absolute atomic E-state index is 0.157. The van der Waals surface area contributed by atoms with E-state index in [4.69, 9.17) is 9.47 Å². The van der Waals surface area contributed by atoms with Crippen molar-refractivity contribution in [3.8, 4) is 11.5 Å². The predicted octanol–water partition coefficient (Wildman–Crippen LogP) is 7.40. The standard InChI is InChI=1S/C28H35BrFNO2/c1-4-32-24-10-19(9-22(29)25(24)33-15-21-7-5-6-8-23(21)30)14-31-28-13-20-11-26(2,17-28)16-27(3,12-20)18-28/h5-10,20,31H,4,11-18H2,1-3H3. The van der Waals surface area contributed by atoms with Crippen LogP contribution in [0.15, 0.2) is 40.9 Å². The summed E-state index contributed by atoms with van der Waals surface area (Å²) in [5, 5.41) is 4.01. The Kier molecular flexibility index (Phi) is 6.01. The van der Waals surface area contributed by atoms with Gasteiger partial charge in [0, 0.05) is 17.6 Å². The van der Waals surface area contributed by atoms with Gasteiger partial charge in [0.2, 0.25) is 0 Å². The first-order valence-electron chi connectivity index (χ1n) is 12.3. The lowest BCUT2D eigenvalue weighted by Crippen LogP contribution is -2.63. The van der Waals surface area contributed by atoms with E-state index >= 15 is 0 Å². The van der Waals surface area contributed by atoms with E-state index in [2.05, 4.69) is 47.2 Å². The second kappa shape index (κ2) is 8.57. The minimum atomic E-state index is -0.259. The average Bonchev–Trinajstić information content (AvgIpc) is 2.70. The third kappa shape index (κ3) is 4.68. The second-order valence-corrected chi connectivity index (χ2v) is 12.3. The Balaban J connectivity index is 1.33. The summed E-state index contributed by atoms with van der Waals surface area (Å²) >= 11 is 3.68. The zero-order valence-electron chi connectivity index (χ0n) is 20.0. The van der Waals surface area contributed by atoms with Gasteiger partial charge in [-0.2, -0.15) is 0 Å². The van der Waals surface area contributed by atoms with Crippen LogP contribution in [0.25, 0.3) is 0 Å². The molecule has 4 saturated carbocycles. The molecule has 0 amide bonds. The van der Waals surface area contributed by atoms with Gasteiger partial charge in [-0.05, 0) is 102 Å². The molecule has 178 valence electrons. The Bertz CT molecular complexity index is 1020. The lowest BCUT2D eigenvalue weighted by Gasteiger charge is -2.65. The normalized spacial score (nSPS) is 32.2. The second-order valence-electron chi connectivity index (χ2n) is 11.5. The van der Waals surface area contributed by atoms with Crippen LogP contribution in [0.4, 0.5) is 4.39 Å². The van der Waals surface area contributed by atoms with Crippen LogP contribution in [0.2, 0.25) is 0 Å². The van der Waals surface area contributed by atoms with E-state index in [1.54, 1.807) is 12.1 Å². The molecular weight excluding hydrogens is 481 g/mol. The summed E-state index contributed by atoms with van der Waals surface area (Å²) < 4.78 is 26.8. The largest absolute Gasteiger partial charge is 0.490 e. The van der Waals surface area contributed by atoms with E-state index < -0.39 is 0 Å². The monoisotopic (exact) mass is 515 g/mol. The van der Waals surface area contributed by atoms with Crippen molar-refractivity contribution < 1.29 is 13.9 Å². The fraction of sp³-hybridized carbons (Fsp3) is 0.571. The molecule has 4 fully saturated rings. The molecule has 2 aromatic rings. The quantitative estimate of drug-likeness (QED) is 0.397. The van der Waals surface area contributed by atoms with Gasteiger partial charge in [-0.25, -0.2) is 4.39 Å². The van der Waals surface area contributed by atoms with E-state index in [9.17, 15) is 4.39 Å². The molecule has 4 aliphatic rings. The van der Waals surface area contributed by atoms with Gasteiger partial charge in [0.15, 0.2) is 11.5 Å². The van der Waals surface area contributed by atoms with Crippen molar-refractivity contribution in [1.82, 2.24) is 5.32 Å². The highest BCUT2D eigenvalue weighted by atomic mass is 79.9. The average molecular weight is 516 g/mol. The highest BCUT2D eigenvalue weighted by molar-refractivity contribution is 9.10. The number of nitrogens with one attached hydrogen (secondary N) is 1. The lowest BCUT2D eigenvalue weighted by molar-refractivity contribution is -0.118. The molecule has 0 spiro atoms. The van der Waals surface area contributed by atoms with E-state index in [0.29, 0.717) is 34.5 Å². The van der Waals surface area contributed by atoms with Crippen LogP contribution in [-0.2, 0) is 13.2 Å². The summed E-state index contributed by atoms with van der Waals surface area (Å²) in [4.78, 5) is 0. The SMILES string of the molecule is CCOc1cc(CNC23CC4CC(C)(CC(C)(C4)C2)C3)cc(Br)c1OCc1ccccc1F. The summed E-state index contributed by atoms with van der Waals surface area (Å²) in [5.74, 6) is 1.93. The van der Waals surface area contributed by atoms with Crippen molar-refractivity contribution in [2.45, 2.75) is 78.0 Å². The summed E-state index contributed by atoms with van der Waals surface area (Å²) in [6.07, 6.45) is 8.07. The third-order valence-electron chi connectivity index (χ3n) is 7.99. The van der Waals surface area contributed by atoms with Crippen molar-refractivity contribution in [3.05, 3.63) is 57.8 Å². The van der Waals surface area contributed by atoms with Gasteiger partial charge in [0.05, 0.1) is 11.1 Å². The molecule has 1 N–H and O–H groups in total. The van der Waals surface area contributed by atoms with Gasteiger partial charge in [0.25, 0.3) is 0 Å². The first kappa shape index (κ1) is 23.2. The molecule has 0 saturated heterocycles. The molecule has 5 heteroatoms. The Hall–Kier alpha value is -1.59. The van der Waals surface area contributed by atoms with Crippen LogP contribution in [0, 0.1) is 22.6 Å². The summed E-state index contributed by atoms with van der Waals surface area (Å²) in [6.45, 7) is 8.50. The Morgan fingerprint density at radius 1 is 1.03 bits per heavy atom. The van der Waals surface area contributed by atoms with Crippen LogP contribution in [-0.4, -0.2) is 12.1 Å². The first-order valence-corrected chi connectivity index (χ1v) is 13.1. The van der Waals surface area contributed by atoms with Crippen LogP contribution in [0.3, 0.4) is 0 Å². The number of rotatable bonds is 8. The van der Waals surface area contributed by atoms with Crippen molar-refractivity contribution in [2.24, 2.45) is 16.7 Å². The number of ether oxygens (including phenoxy) is 2. The number of hydrogen-bond donors (Lipinski definition) is 1. The predicted molar refractivity (Wildman–Crippen MR) is 133 cm³/mol. The molecular formula is C28H35BrFNO2. The topological polar surface area (TPSA) is 30.5 Å². The van der Waals surface area contributed by atoms with Crippen LogP contribution < -0.4 is 14.8 Å². The first-order chi connectivity index (χ1) is 15.7. The smallest absolute Gasteiger partial charge is 0.175 e. The van der Waals surface area contributed by atoms with E-state index in [-0.39, 0.29) is 18.0 Å². The lowest BCUT2D eigenvalue weighted by atomic mass is 9.43. The summed E-state index contributed by atoms with van der Waals surface area (Å²) in [5.41, 5.74) is 2.93. The number of halogens is 2. The van der Waals surface area contributed by atoms with Gasteiger partial charge < -0.3 is 14.8 Å². The van der Waals surface area contributed by atoms with Crippen LogP contribution in [0.5, 0.6) is 11.5 Å². The van der Waals surface area contributed by atoms with Gasteiger partial charge in [0.1, 0.15) is 12.4 Å². The summed E-state index contributed by atoms with van der Waals surface area (Å²) in [6, 6.07) is 10.9. The Morgan fingerprint density at radius 3 is 2.42 bits per heavy atom. The third-order valence-corrected chi connectivity index (χ3v) is 8.58. The maximum Gasteiger partial charge on any atom is 0.175 e. The zero-order chi connectivity index (χ0) is 23.3. The fourth-order valence-corrected chi connectivity index (χ4v) is 8.43. The number of hydrogen-bond acceptors (Lipinski definition) is 3. The fourth-order valence-electron chi connectivity index (χ4n) is 7.83. The van der Waals surface area contributed by atoms with Crippen molar-refractivity contribution in [3.63, 3.8) is 0 Å². The summed E-state index contributed by atoms with van der Waals surface area (Å²) in [7, 11) is 0. The Labute approximate surface area is 205 Å². The van der Waals surface area contributed by atoms with Crippen LogP contribution >= 0.6 is 15.9 Å². The Morgan fingerprint density at radius 2 is 1.76 bits per heavy atom. The minimum Gasteiger partial charge on any atom is -0.490 e. The molecule has 2 unspecified atom stereocenters. The molecule has 0 radical (unpaired) electrons. The van der Waals surface area contributed by atoms with Gasteiger partial charge in [-0.1, -0.05) is 32.0 Å². The molecule has 4 aliphatic carbocycles. The highest BCUT2D eigenvalue weighted by Gasteiger charge is 2.59. The zero-order valence-corrected chi connectivity index (χ0v) is 21.6. The number of benzene rings is 2. The molecule has 4 bridgehead atoms. The highest BCUT2D eigenvalue weighted by Crippen LogP contribution is 2.66. The maximum atomic E-state index is 14.0. The maximum absolute atomic E-state index is 14.0. The van der Waals surface area contributed by atoms with Crippen molar-refractivity contribution in [2.75, 3.05) is 6.61 Å². The van der Waals surface area contributed by atoms with E-state index in [1.807, 2.05) is 13.0 Å². The molecule has 33 heavy (non-hydrogen) atoms. The van der Waals surface area contributed by atoms with E-state index in [0.717, 1.165) is 16.9 Å². The molecule has 0 aromatic heterocycles.